The number of nitrogens with zero attached hydrogens (tertiary/aromatic N) is 2. The van der Waals surface area contributed by atoms with Crippen molar-refractivity contribution in [3.63, 3.8) is 0 Å². The monoisotopic (exact) mass is 272 g/mol. The molecule has 0 aromatic heterocycles. The van der Waals surface area contributed by atoms with Crippen LogP contribution >= 0.6 is 0 Å². The molecule has 5 heteroatoms. The number of aliphatic hydroxyl groups is 1. The SMILES string of the molecule is CCCCN(CCO)CCCC(=O)N1CCOCC1. The van der Waals surface area contributed by atoms with Crippen molar-refractivity contribution in [1.29, 1.82) is 0 Å². The second-order valence-electron chi connectivity index (χ2n) is 5.02. The van der Waals surface area contributed by atoms with Gasteiger partial charge in [0.1, 0.15) is 0 Å². The van der Waals surface area contributed by atoms with Gasteiger partial charge in [0.25, 0.3) is 0 Å². The summed E-state index contributed by atoms with van der Waals surface area (Å²) in [5.74, 6) is 0.239. The zero-order valence-electron chi connectivity index (χ0n) is 12.1. The summed E-state index contributed by atoms with van der Waals surface area (Å²) < 4.78 is 5.24. The quantitative estimate of drug-likeness (QED) is 0.672. The van der Waals surface area contributed by atoms with Gasteiger partial charge in [0, 0.05) is 26.1 Å². The van der Waals surface area contributed by atoms with Gasteiger partial charge in [0.15, 0.2) is 0 Å². The lowest BCUT2D eigenvalue weighted by Gasteiger charge is -2.27. The van der Waals surface area contributed by atoms with Crippen molar-refractivity contribution < 1.29 is 14.6 Å². The molecule has 19 heavy (non-hydrogen) atoms. The van der Waals surface area contributed by atoms with Gasteiger partial charge in [0.05, 0.1) is 19.8 Å². The fourth-order valence-electron chi connectivity index (χ4n) is 2.28. The van der Waals surface area contributed by atoms with Crippen LogP contribution in [0.2, 0.25) is 0 Å². The van der Waals surface area contributed by atoms with Crippen molar-refractivity contribution in [2.24, 2.45) is 0 Å². The van der Waals surface area contributed by atoms with Crippen LogP contribution in [0.1, 0.15) is 32.6 Å². The Morgan fingerprint density at radius 3 is 2.53 bits per heavy atom. The van der Waals surface area contributed by atoms with Gasteiger partial charge in [-0.15, -0.1) is 0 Å². The van der Waals surface area contributed by atoms with E-state index in [0.29, 0.717) is 26.2 Å². The van der Waals surface area contributed by atoms with Crippen molar-refractivity contribution >= 4 is 5.91 Å². The first-order valence-electron chi connectivity index (χ1n) is 7.46. The van der Waals surface area contributed by atoms with Crippen LogP contribution in [-0.2, 0) is 9.53 Å². The molecular weight excluding hydrogens is 244 g/mol. The number of carbonyl (C=O) groups excluding carboxylic acids is 1. The molecule has 0 atom stereocenters. The van der Waals surface area contributed by atoms with Gasteiger partial charge in [-0.05, 0) is 25.9 Å². The van der Waals surface area contributed by atoms with Gasteiger partial charge in [-0.1, -0.05) is 13.3 Å². The largest absolute Gasteiger partial charge is 0.395 e. The molecule has 112 valence electrons. The average Bonchev–Trinajstić information content (AvgIpc) is 2.45. The van der Waals surface area contributed by atoms with Crippen molar-refractivity contribution in [2.75, 3.05) is 52.5 Å². The Balaban J connectivity index is 2.16. The number of morpholine rings is 1. The molecule has 0 spiro atoms. The Bertz CT molecular complexity index is 243. The average molecular weight is 272 g/mol. The Hall–Kier alpha value is -0.650. The molecule has 1 rings (SSSR count). The zero-order chi connectivity index (χ0) is 13.9. The van der Waals surface area contributed by atoms with Crippen LogP contribution in [0.4, 0.5) is 0 Å². The standard InChI is InChI=1S/C14H28N2O3/c1-2-3-6-15(8-11-17)7-4-5-14(18)16-9-12-19-13-10-16/h17H,2-13H2,1H3. The van der Waals surface area contributed by atoms with Gasteiger partial charge in [-0.3, -0.25) is 4.79 Å². The minimum atomic E-state index is 0.196. The van der Waals surface area contributed by atoms with Gasteiger partial charge in [-0.2, -0.15) is 0 Å². The Kier molecular flexibility index (Phi) is 8.79. The second kappa shape index (κ2) is 10.2. The molecule has 1 saturated heterocycles. The van der Waals surface area contributed by atoms with Crippen LogP contribution in [-0.4, -0.2) is 73.4 Å². The van der Waals surface area contributed by atoms with Gasteiger partial charge < -0.3 is 19.6 Å². The highest BCUT2D eigenvalue weighted by atomic mass is 16.5. The summed E-state index contributed by atoms with van der Waals surface area (Å²) in [6.45, 7) is 7.78. The van der Waals surface area contributed by atoms with E-state index in [-0.39, 0.29) is 12.5 Å². The molecule has 1 amide bonds. The molecule has 0 aliphatic carbocycles. The summed E-state index contributed by atoms with van der Waals surface area (Å²) in [7, 11) is 0. The third kappa shape index (κ3) is 6.89. The Morgan fingerprint density at radius 2 is 1.89 bits per heavy atom. The lowest BCUT2D eigenvalue weighted by Crippen LogP contribution is -2.41. The Labute approximate surface area is 116 Å². The second-order valence-corrected chi connectivity index (χ2v) is 5.02. The third-order valence-corrected chi connectivity index (χ3v) is 3.47. The topological polar surface area (TPSA) is 53.0 Å². The number of unbranched alkanes of at least 4 members (excludes halogenated alkanes) is 1. The van der Waals surface area contributed by atoms with Crippen molar-refractivity contribution in [3.05, 3.63) is 0 Å². The molecule has 1 heterocycles. The smallest absolute Gasteiger partial charge is 0.222 e. The maximum absolute atomic E-state index is 12.0. The molecule has 1 aliphatic rings. The minimum absolute atomic E-state index is 0.196. The summed E-state index contributed by atoms with van der Waals surface area (Å²) in [6, 6.07) is 0. The van der Waals surface area contributed by atoms with Gasteiger partial charge >= 0.3 is 0 Å². The third-order valence-electron chi connectivity index (χ3n) is 3.47. The zero-order valence-corrected chi connectivity index (χ0v) is 12.1. The van der Waals surface area contributed by atoms with Crippen LogP contribution in [0.3, 0.4) is 0 Å². The van der Waals surface area contributed by atoms with Crippen LogP contribution in [0, 0.1) is 0 Å². The summed E-state index contributed by atoms with van der Waals surface area (Å²) in [4.78, 5) is 16.1. The van der Waals surface area contributed by atoms with E-state index < -0.39 is 0 Å². The lowest BCUT2D eigenvalue weighted by atomic mass is 10.2. The van der Waals surface area contributed by atoms with Crippen LogP contribution in [0.25, 0.3) is 0 Å². The first-order chi connectivity index (χ1) is 9.27. The molecule has 0 bridgehead atoms. The number of carbonyl (C=O) groups is 1. The number of amides is 1. The van der Waals surface area contributed by atoms with E-state index in [1.54, 1.807) is 0 Å². The van der Waals surface area contributed by atoms with Crippen molar-refractivity contribution in [2.45, 2.75) is 32.6 Å². The van der Waals surface area contributed by atoms with E-state index in [1.165, 1.54) is 0 Å². The Morgan fingerprint density at radius 1 is 1.21 bits per heavy atom. The molecule has 1 fully saturated rings. The predicted octanol–water partition coefficient (Wildman–Crippen LogP) is 0.720. The van der Waals surface area contributed by atoms with E-state index >= 15 is 0 Å². The number of ether oxygens (including phenoxy) is 1. The van der Waals surface area contributed by atoms with Crippen molar-refractivity contribution in [1.82, 2.24) is 9.80 Å². The fraction of sp³-hybridized carbons (Fsp3) is 0.929. The van der Waals surface area contributed by atoms with E-state index in [4.69, 9.17) is 9.84 Å². The first-order valence-corrected chi connectivity index (χ1v) is 7.46. The number of rotatable bonds is 9. The summed E-state index contributed by atoms with van der Waals surface area (Å²) >= 11 is 0. The molecule has 0 aromatic carbocycles. The molecule has 0 unspecified atom stereocenters. The number of hydrogen-bond acceptors (Lipinski definition) is 4. The van der Waals surface area contributed by atoms with E-state index in [0.717, 1.165) is 45.4 Å². The van der Waals surface area contributed by atoms with Crippen LogP contribution in [0.5, 0.6) is 0 Å². The molecule has 0 saturated carbocycles. The summed E-state index contributed by atoms with van der Waals surface area (Å²) in [5, 5.41) is 9.02. The minimum Gasteiger partial charge on any atom is -0.395 e. The highest BCUT2D eigenvalue weighted by molar-refractivity contribution is 5.76. The predicted molar refractivity (Wildman–Crippen MR) is 75.1 cm³/mol. The number of aliphatic hydroxyl groups excluding tert-OH is 1. The maximum atomic E-state index is 12.0. The van der Waals surface area contributed by atoms with Crippen molar-refractivity contribution in [3.8, 4) is 0 Å². The van der Waals surface area contributed by atoms with E-state index in [1.807, 2.05) is 4.90 Å². The molecule has 5 nitrogen and oxygen atoms in total. The normalized spacial score (nSPS) is 16.1. The maximum Gasteiger partial charge on any atom is 0.222 e. The highest BCUT2D eigenvalue weighted by Gasteiger charge is 2.16. The summed E-state index contributed by atoms with van der Waals surface area (Å²) in [6.07, 6.45) is 3.79. The van der Waals surface area contributed by atoms with E-state index in [9.17, 15) is 4.79 Å². The van der Waals surface area contributed by atoms with E-state index in [2.05, 4.69) is 11.8 Å². The molecule has 1 N–H and O–H groups in total. The molecule has 1 aliphatic heterocycles. The highest BCUT2D eigenvalue weighted by Crippen LogP contribution is 2.04. The molecular formula is C14H28N2O3. The lowest BCUT2D eigenvalue weighted by molar-refractivity contribution is -0.135. The molecule has 0 aromatic rings. The fourth-order valence-corrected chi connectivity index (χ4v) is 2.28. The van der Waals surface area contributed by atoms with Gasteiger partial charge in [0.2, 0.25) is 5.91 Å². The number of hydrogen-bond donors (Lipinski definition) is 1. The van der Waals surface area contributed by atoms with Crippen LogP contribution < -0.4 is 0 Å². The molecule has 0 radical (unpaired) electrons. The summed E-state index contributed by atoms with van der Waals surface area (Å²) in [5.41, 5.74) is 0. The van der Waals surface area contributed by atoms with Gasteiger partial charge in [-0.25, -0.2) is 0 Å². The first kappa shape index (κ1) is 16.4. The van der Waals surface area contributed by atoms with Crippen LogP contribution in [0.15, 0.2) is 0 Å².